The quantitative estimate of drug-likeness (QED) is 0.146. The lowest BCUT2D eigenvalue weighted by Crippen LogP contribution is -2.42. The summed E-state index contributed by atoms with van der Waals surface area (Å²) in [5.41, 5.74) is -1.30. The van der Waals surface area contributed by atoms with E-state index in [1.54, 1.807) is 4.89 Å². The molecular weight excluding hydrogens is 505 g/mol. The Morgan fingerprint density at radius 2 is 2.03 bits per heavy atom. The van der Waals surface area contributed by atoms with Crippen LogP contribution in [0.2, 0.25) is 0 Å². The van der Waals surface area contributed by atoms with Crippen LogP contribution in [0.1, 0.15) is 40.3 Å². The van der Waals surface area contributed by atoms with Gasteiger partial charge in [-0.1, -0.05) is 0 Å². The van der Waals surface area contributed by atoms with Gasteiger partial charge in [0.25, 0.3) is 14.1 Å². The Bertz CT molecular complexity index is 976. The van der Waals surface area contributed by atoms with E-state index in [2.05, 4.69) is 4.98 Å². The Morgan fingerprint density at radius 1 is 1.34 bits per heavy atom. The number of hydrogen-bond donors (Lipinski definition) is 2. The molecular formula is C19H31N5O9PS-. The largest absolute Gasteiger partial charge is 0.758 e. The van der Waals surface area contributed by atoms with Crippen LogP contribution in [0.25, 0.3) is 0 Å². The molecule has 1 fully saturated rings. The normalized spacial score (nSPS) is 24.2. The summed E-state index contributed by atoms with van der Waals surface area (Å²) in [4.78, 5) is 32.9. The van der Waals surface area contributed by atoms with E-state index in [-0.39, 0.29) is 31.7 Å². The van der Waals surface area contributed by atoms with Crippen molar-refractivity contribution in [1.29, 1.82) is 5.26 Å². The third kappa shape index (κ3) is 8.22. The predicted molar refractivity (Wildman–Crippen MR) is 124 cm³/mol. The van der Waals surface area contributed by atoms with Crippen LogP contribution in [0.5, 0.6) is 0 Å². The van der Waals surface area contributed by atoms with Crippen LogP contribution in [0.3, 0.4) is 0 Å². The van der Waals surface area contributed by atoms with Crippen LogP contribution in [0, 0.1) is 11.3 Å². The number of hydrogen-bond acceptors (Lipinski definition) is 11. The Kier molecular flexibility index (Phi) is 12.1. The summed E-state index contributed by atoms with van der Waals surface area (Å²) in [5.74, 6) is 0. The second-order valence-corrected chi connectivity index (χ2v) is 10.1. The average molecular weight is 537 g/mol. The van der Waals surface area contributed by atoms with E-state index < -0.39 is 55.6 Å². The number of nitriles is 1. The number of aromatic amines is 1. The molecule has 2 N–H and O–H groups in total. The van der Waals surface area contributed by atoms with Crippen LogP contribution in [0.4, 0.5) is 0 Å². The lowest BCUT2D eigenvalue weighted by molar-refractivity contribution is -0.0784. The first-order valence-electron chi connectivity index (χ1n) is 10.8. The standard InChI is InChI=1S/C19H32N5O9PS/c1-12(2)24(13(3)4)34(31-10-6-8-20)33-16-14(11-30-22-35(27)28)32-18(17(16)29-5)23-9-7-15(25)21-19(23)26/h7,9,12-14,16-18,22H,6,10-11H2,1-5H3,(H,27,28)(H,21,25,26)/p-1/t14-,16-,17-,18-,34?/m1/s1. The van der Waals surface area contributed by atoms with Gasteiger partial charge in [0.05, 0.1) is 25.7 Å². The summed E-state index contributed by atoms with van der Waals surface area (Å²) < 4.78 is 48.8. The van der Waals surface area contributed by atoms with Crippen molar-refractivity contribution in [2.24, 2.45) is 0 Å². The highest BCUT2D eigenvalue weighted by Gasteiger charge is 2.49. The van der Waals surface area contributed by atoms with E-state index in [1.807, 2.05) is 38.4 Å². The highest BCUT2D eigenvalue weighted by Crippen LogP contribution is 2.50. The van der Waals surface area contributed by atoms with Crippen molar-refractivity contribution in [1.82, 2.24) is 19.1 Å². The van der Waals surface area contributed by atoms with Gasteiger partial charge in [-0.2, -0.15) is 5.26 Å². The zero-order valence-corrected chi connectivity index (χ0v) is 21.8. The third-order valence-corrected chi connectivity index (χ3v) is 7.31. The number of H-pyrrole nitrogens is 1. The van der Waals surface area contributed by atoms with E-state index >= 15 is 0 Å². The van der Waals surface area contributed by atoms with Crippen molar-refractivity contribution in [3.8, 4) is 6.07 Å². The molecule has 16 heteroatoms. The highest BCUT2D eigenvalue weighted by atomic mass is 32.2. The first-order chi connectivity index (χ1) is 16.6. The number of nitrogens with one attached hydrogen (secondary N) is 2. The first-order valence-corrected chi connectivity index (χ1v) is 13.0. The zero-order valence-electron chi connectivity index (χ0n) is 20.1. The van der Waals surface area contributed by atoms with Crippen molar-refractivity contribution >= 4 is 19.8 Å². The van der Waals surface area contributed by atoms with Gasteiger partial charge in [-0.05, 0) is 27.7 Å². The molecule has 1 aromatic heterocycles. The fourth-order valence-corrected chi connectivity index (χ4v) is 5.57. The molecule has 0 amide bonds. The van der Waals surface area contributed by atoms with Crippen LogP contribution >= 0.6 is 8.53 Å². The minimum absolute atomic E-state index is 0.0170. The second-order valence-electron chi connectivity index (χ2n) is 8.03. The van der Waals surface area contributed by atoms with Crippen molar-refractivity contribution in [3.05, 3.63) is 33.1 Å². The Labute approximate surface area is 206 Å². The van der Waals surface area contributed by atoms with Crippen molar-refractivity contribution < 1.29 is 32.1 Å². The molecule has 1 aliphatic rings. The molecule has 2 rings (SSSR count). The van der Waals surface area contributed by atoms with Gasteiger partial charge in [0, 0.05) is 42.7 Å². The second kappa shape index (κ2) is 14.2. The molecule has 198 valence electrons. The average Bonchev–Trinajstić information content (AvgIpc) is 3.09. The molecule has 0 bridgehead atoms. The topological polar surface area (TPSA) is 180 Å². The summed E-state index contributed by atoms with van der Waals surface area (Å²) in [6.45, 7) is 7.75. The smallest absolute Gasteiger partial charge is 0.330 e. The predicted octanol–water partition coefficient (Wildman–Crippen LogP) is 0.425. The molecule has 2 heterocycles. The minimum Gasteiger partial charge on any atom is -0.758 e. The summed E-state index contributed by atoms with van der Waals surface area (Å²) in [6.07, 6.45) is -2.24. The Balaban J connectivity index is 2.41. The summed E-state index contributed by atoms with van der Waals surface area (Å²) in [5, 5.41) is 8.94. The number of nitrogens with zero attached hydrogens (tertiary/aromatic N) is 3. The molecule has 1 aromatic rings. The number of methoxy groups -OCH3 is 1. The van der Waals surface area contributed by atoms with Gasteiger partial charge in [0.1, 0.15) is 18.3 Å². The fraction of sp³-hybridized carbons (Fsp3) is 0.737. The molecule has 1 aliphatic heterocycles. The summed E-state index contributed by atoms with van der Waals surface area (Å²) in [7, 11) is -0.327. The zero-order chi connectivity index (χ0) is 26.1. The van der Waals surface area contributed by atoms with Gasteiger partial charge in [-0.15, -0.1) is 4.89 Å². The molecule has 35 heavy (non-hydrogen) atoms. The van der Waals surface area contributed by atoms with E-state index in [1.165, 1.54) is 13.3 Å². The van der Waals surface area contributed by atoms with Crippen molar-refractivity contribution in [2.45, 2.75) is 70.7 Å². The van der Waals surface area contributed by atoms with Crippen LogP contribution in [0.15, 0.2) is 21.9 Å². The van der Waals surface area contributed by atoms with Crippen LogP contribution in [-0.4, -0.2) is 73.7 Å². The van der Waals surface area contributed by atoms with Crippen molar-refractivity contribution in [2.75, 3.05) is 20.3 Å². The van der Waals surface area contributed by atoms with E-state index in [0.717, 1.165) is 10.6 Å². The van der Waals surface area contributed by atoms with Crippen LogP contribution in [-0.2, 0) is 34.6 Å². The number of rotatable bonds is 14. The van der Waals surface area contributed by atoms with Gasteiger partial charge in [-0.3, -0.25) is 23.4 Å². The SMILES string of the molecule is CO[C@@H]1[C@H](OP(OCCC#N)N(C(C)C)C(C)C)[C@@H](CONS(=O)[O-])O[C@H]1n1ccc(=O)[nH]c1=O. The first kappa shape index (κ1) is 29.7. The number of aromatic nitrogens is 2. The maximum atomic E-state index is 12.4. The Hall–Kier alpha value is -1.57. The summed E-state index contributed by atoms with van der Waals surface area (Å²) >= 11 is -2.68. The molecule has 0 spiro atoms. The lowest BCUT2D eigenvalue weighted by atomic mass is 10.1. The summed E-state index contributed by atoms with van der Waals surface area (Å²) in [6, 6.07) is 3.23. The minimum atomic E-state index is -2.68. The van der Waals surface area contributed by atoms with Gasteiger partial charge >= 0.3 is 5.69 Å². The van der Waals surface area contributed by atoms with Crippen LogP contribution < -0.4 is 16.1 Å². The number of ether oxygens (including phenoxy) is 2. The molecule has 0 saturated carbocycles. The lowest BCUT2D eigenvalue weighted by Gasteiger charge is -2.38. The molecule has 14 nitrogen and oxygen atoms in total. The van der Waals surface area contributed by atoms with Gasteiger partial charge < -0.3 is 23.1 Å². The molecule has 0 aromatic carbocycles. The van der Waals surface area contributed by atoms with Gasteiger partial charge in [0.15, 0.2) is 6.23 Å². The Morgan fingerprint density at radius 3 is 2.57 bits per heavy atom. The van der Waals surface area contributed by atoms with Gasteiger partial charge in [-0.25, -0.2) is 9.46 Å². The molecule has 1 saturated heterocycles. The highest BCUT2D eigenvalue weighted by molar-refractivity contribution is 7.76. The monoisotopic (exact) mass is 536 g/mol. The third-order valence-electron chi connectivity index (χ3n) is 4.93. The van der Waals surface area contributed by atoms with E-state index in [9.17, 15) is 18.4 Å². The molecule has 2 unspecified atom stereocenters. The molecule has 0 radical (unpaired) electrons. The molecule has 6 atom stereocenters. The van der Waals surface area contributed by atoms with E-state index in [4.69, 9.17) is 28.6 Å². The van der Waals surface area contributed by atoms with Crippen molar-refractivity contribution in [3.63, 3.8) is 0 Å². The maximum Gasteiger partial charge on any atom is 0.330 e. The van der Waals surface area contributed by atoms with Gasteiger partial charge in [0.2, 0.25) is 0 Å². The fourth-order valence-electron chi connectivity index (χ4n) is 3.63. The molecule has 0 aliphatic carbocycles. The van der Waals surface area contributed by atoms with E-state index in [0.29, 0.717) is 0 Å². The maximum absolute atomic E-state index is 12.4.